The maximum absolute atomic E-state index is 11.0. The molecule has 1 atom stereocenters. The van der Waals surface area contributed by atoms with Gasteiger partial charge >= 0.3 is 5.97 Å². The van der Waals surface area contributed by atoms with Gasteiger partial charge in [0.05, 0.1) is 0 Å². The lowest BCUT2D eigenvalue weighted by atomic mass is 10.0. The molecule has 1 heterocycles. The Morgan fingerprint density at radius 3 is 2.73 bits per heavy atom. The largest absolute Gasteiger partial charge is 0.480 e. The fourth-order valence-corrected chi connectivity index (χ4v) is 2.14. The zero-order valence-corrected chi connectivity index (χ0v) is 9.19. The van der Waals surface area contributed by atoms with Crippen molar-refractivity contribution in [1.29, 1.82) is 0 Å². The molecular formula is C11H21NO3. The van der Waals surface area contributed by atoms with Crippen molar-refractivity contribution in [2.24, 2.45) is 0 Å². The molecule has 0 amide bonds. The Labute approximate surface area is 90.9 Å². The third kappa shape index (κ3) is 4.18. The van der Waals surface area contributed by atoms with E-state index in [1.54, 1.807) is 0 Å². The second-order valence-electron chi connectivity index (χ2n) is 4.17. The van der Waals surface area contributed by atoms with E-state index in [1.807, 2.05) is 0 Å². The summed E-state index contributed by atoms with van der Waals surface area (Å²) in [7, 11) is 0. The third-order valence-corrected chi connectivity index (χ3v) is 3.00. The van der Waals surface area contributed by atoms with Crippen molar-refractivity contribution in [1.82, 2.24) is 4.90 Å². The number of carboxylic acid groups (broad SMARTS) is 1. The molecule has 1 fully saturated rings. The summed E-state index contributed by atoms with van der Waals surface area (Å²) >= 11 is 0. The predicted molar refractivity (Wildman–Crippen MR) is 57.8 cm³/mol. The molecule has 0 radical (unpaired) electrons. The summed E-state index contributed by atoms with van der Waals surface area (Å²) in [5.41, 5.74) is 0. The van der Waals surface area contributed by atoms with Crippen molar-refractivity contribution in [3.8, 4) is 0 Å². The smallest absolute Gasteiger partial charge is 0.320 e. The number of carboxylic acids is 1. The maximum atomic E-state index is 11.0. The standard InChI is InChI=1S/C11H21NO3/c13-9-5-1-3-7-12-8-4-2-6-10(12)11(14)15/h10,13H,1-9H2,(H,14,15). The number of nitrogens with zero attached hydrogens (tertiary/aromatic N) is 1. The zero-order valence-electron chi connectivity index (χ0n) is 9.19. The van der Waals surface area contributed by atoms with Crippen molar-refractivity contribution >= 4 is 5.97 Å². The molecule has 0 saturated carbocycles. The van der Waals surface area contributed by atoms with E-state index in [0.29, 0.717) is 0 Å². The number of unbranched alkanes of at least 4 members (excludes halogenated alkanes) is 2. The average Bonchev–Trinajstić information content (AvgIpc) is 2.25. The first-order chi connectivity index (χ1) is 7.25. The molecule has 1 rings (SSSR count). The van der Waals surface area contributed by atoms with Crippen LogP contribution in [-0.2, 0) is 4.79 Å². The van der Waals surface area contributed by atoms with Gasteiger partial charge in [0.15, 0.2) is 0 Å². The minimum absolute atomic E-state index is 0.238. The maximum Gasteiger partial charge on any atom is 0.320 e. The molecule has 0 aliphatic carbocycles. The second kappa shape index (κ2) is 6.80. The first-order valence-electron chi connectivity index (χ1n) is 5.83. The van der Waals surface area contributed by atoms with Crippen LogP contribution < -0.4 is 0 Å². The molecule has 0 spiro atoms. The van der Waals surface area contributed by atoms with E-state index < -0.39 is 5.97 Å². The zero-order chi connectivity index (χ0) is 11.1. The summed E-state index contributed by atoms with van der Waals surface area (Å²) in [4.78, 5) is 13.0. The number of piperidine rings is 1. The summed E-state index contributed by atoms with van der Waals surface area (Å²) in [6.45, 7) is 2.01. The SMILES string of the molecule is O=C(O)C1CCCCN1CCCCCO. The van der Waals surface area contributed by atoms with Crippen LogP contribution in [0, 0.1) is 0 Å². The Morgan fingerprint density at radius 1 is 1.27 bits per heavy atom. The Morgan fingerprint density at radius 2 is 2.07 bits per heavy atom. The Balaban J connectivity index is 2.26. The van der Waals surface area contributed by atoms with Gasteiger partial charge in [-0.3, -0.25) is 9.69 Å². The third-order valence-electron chi connectivity index (χ3n) is 3.00. The van der Waals surface area contributed by atoms with Crippen LogP contribution in [0.5, 0.6) is 0 Å². The average molecular weight is 215 g/mol. The van der Waals surface area contributed by atoms with Crippen LogP contribution in [0.4, 0.5) is 0 Å². The lowest BCUT2D eigenvalue weighted by Crippen LogP contribution is -2.44. The molecule has 4 heteroatoms. The van der Waals surface area contributed by atoms with Crippen molar-refractivity contribution in [2.45, 2.75) is 44.6 Å². The first kappa shape index (κ1) is 12.5. The molecule has 1 aliphatic rings. The molecule has 2 N–H and O–H groups in total. The predicted octanol–water partition coefficient (Wildman–Crippen LogP) is 1.09. The van der Waals surface area contributed by atoms with Gasteiger partial charge in [0, 0.05) is 6.61 Å². The molecule has 0 aromatic rings. The normalized spacial score (nSPS) is 22.9. The molecule has 88 valence electrons. The molecule has 1 aliphatic heterocycles. The van der Waals surface area contributed by atoms with Crippen molar-refractivity contribution in [2.75, 3.05) is 19.7 Å². The summed E-state index contributed by atoms with van der Waals surface area (Å²) in [6.07, 6.45) is 5.73. The lowest BCUT2D eigenvalue weighted by molar-refractivity contribution is -0.144. The van der Waals surface area contributed by atoms with Gasteiger partial charge in [0.1, 0.15) is 6.04 Å². The monoisotopic (exact) mass is 215 g/mol. The molecule has 1 unspecified atom stereocenters. The molecule has 0 bridgehead atoms. The van der Waals surface area contributed by atoms with Crippen LogP contribution in [0.3, 0.4) is 0 Å². The highest BCUT2D eigenvalue weighted by Crippen LogP contribution is 2.17. The van der Waals surface area contributed by atoms with Gasteiger partial charge in [0.2, 0.25) is 0 Å². The van der Waals surface area contributed by atoms with Crippen molar-refractivity contribution in [3.63, 3.8) is 0 Å². The first-order valence-corrected chi connectivity index (χ1v) is 5.83. The number of aliphatic hydroxyl groups is 1. The van der Waals surface area contributed by atoms with Crippen molar-refractivity contribution in [3.05, 3.63) is 0 Å². The summed E-state index contributed by atoms with van der Waals surface area (Å²) in [5.74, 6) is -0.683. The Hall–Kier alpha value is -0.610. The molecular weight excluding hydrogens is 194 g/mol. The quantitative estimate of drug-likeness (QED) is 0.651. The topological polar surface area (TPSA) is 60.8 Å². The number of carbonyl (C=O) groups is 1. The van der Waals surface area contributed by atoms with Crippen molar-refractivity contribution < 1.29 is 15.0 Å². The van der Waals surface area contributed by atoms with Gasteiger partial charge < -0.3 is 10.2 Å². The highest BCUT2D eigenvalue weighted by Gasteiger charge is 2.27. The number of aliphatic hydroxyl groups excluding tert-OH is 1. The number of rotatable bonds is 6. The van der Waals surface area contributed by atoms with Gasteiger partial charge in [0.25, 0.3) is 0 Å². The van der Waals surface area contributed by atoms with E-state index in [4.69, 9.17) is 10.2 Å². The van der Waals surface area contributed by atoms with Crippen LogP contribution in [0.1, 0.15) is 38.5 Å². The summed E-state index contributed by atoms with van der Waals surface area (Å²) in [5, 5.41) is 17.7. The lowest BCUT2D eigenvalue weighted by Gasteiger charge is -2.32. The van der Waals surface area contributed by atoms with Crippen LogP contribution in [-0.4, -0.2) is 46.8 Å². The molecule has 0 aromatic carbocycles. The van der Waals surface area contributed by atoms with Gasteiger partial charge in [-0.05, 0) is 45.2 Å². The summed E-state index contributed by atoms with van der Waals surface area (Å²) < 4.78 is 0. The number of hydrogen-bond acceptors (Lipinski definition) is 3. The summed E-state index contributed by atoms with van der Waals surface area (Å²) in [6, 6.07) is -0.270. The number of likely N-dealkylation sites (tertiary alicyclic amines) is 1. The number of aliphatic carboxylic acids is 1. The molecule has 15 heavy (non-hydrogen) atoms. The Bertz CT molecular complexity index is 196. The highest BCUT2D eigenvalue weighted by atomic mass is 16.4. The fourth-order valence-electron chi connectivity index (χ4n) is 2.14. The highest BCUT2D eigenvalue weighted by molar-refractivity contribution is 5.73. The molecule has 1 saturated heterocycles. The van der Waals surface area contributed by atoms with E-state index >= 15 is 0 Å². The van der Waals surface area contributed by atoms with E-state index in [2.05, 4.69) is 4.90 Å². The second-order valence-corrected chi connectivity index (χ2v) is 4.17. The van der Waals surface area contributed by atoms with Gasteiger partial charge in [-0.25, -0.2) is 0 Å². The number of hydrogen-bond donors (Lipinski definition) is 2. The van der Waals surface area contributed by atoms with Gasteiger partial charge in [-0.1, -0.05) is 6.42 Å². The molecule has 0 aromatic heterocycles. The van der Waals surface area contributed by atoms with E-state index in [0.717, 1.165) is 51.6 Å². The van der Waals surface area contributed by atoms with Crippen LogP contribution >= 0.6 is 0 Å². The minimum atomic E-state index is -0.683. The van der Waals surface area contributed by atoms with E-state index in [1.165, 1.54) is 0 Å². The van der Waals surface area contributed by atoms with Gasteiger partial charge in [-0.15, -0.1) is 0 Å². The molecule has 4 nitrogen and oxygen atoms in total. The Kier molecular flexibility index (Phi) is 5.65. The van der Waals surface area contributed by atoms with Crippen LogP contribution in [0.25, 0.3) is 0 Å². The van der Waals surface area contributed by atoms with E-state index in [9.17, 15) is 4.79 Å². The van der Waals surface area contributed by atoms with Gasteiger partial charge in [-0.2, -0.15) is 0 Å². The van der Waals surface area contributed by atoms with E-state index in [-0.39, 0.29) is 12.6 Å². The minimum Gasteiger partial charge on any atom is -0.480 e. The fraction of sp³-hybridized carbons (Fsp3) is 0.909. The van der Waals surface area contributed by atoms with Crippen LogP contribution in [0.15, 0.2) is 0 Å². The van der Waals surface area contributed by atoms with Crippen LogP contribution in [0.2, 0.25) is 0 Å².